The lowest BCUT2D eigenvalue weighted by Crippen LogP contribution is -2.46. The van der Waals surface area contributed by atoms with Crippen LogP contribution in [0, 0.1) is 10.8 Å². The summed E-state index contributed by atoms with van der Waals surface area (Å²) in [6.45, 7) is 6.30. The first-order chi connectivity index (χ1) is 7.81. The quantitative estimate of drug-likeness (QED) is 0.749. The van der Waals surface area contributed by atoms with Crippen LogP contribution in [0.1, 0.15) is 52.9 Å². The molecule has 4 nitrogen and oxygen atoms in total. The molecule has 0 aromatic carbocycles. The Bertz CT molecular complexity index is 306. The second-order valence-electron chi connectivity index (χ2n) is 5.84. The van der Waals surface area contributed by atoms with E-state index in [1.807, 2.05) is 20.8 Å². The first kappa shape index (κ1) is 14.0. The van der Waals surface area contributed by atoms with Gasteiger partial charge >= 0.3 is 5.97 Å². The molecule has 0 spiro atoms. The van der Waals surface area contributed by atoms with E-state index in [2.05, 4.69) is 5.32 Å². The Morgan fingerprint density at radius 3 is 2.29 bits per heavy atom. The van der Waals surface area contributed by atoms with Crippen LogP contribution in [-0.4, -0.2) is 23.5 Å². The minimum atomic E-state index is -0.770. The van der Waals surface area contributed by atoms with Gasteiger partial charge in [-0.15, -0.1) is 0 Å². The van der Waals surface area contributed by atoms with Crippen molar-refractivity contribution in [1.82, 2.24) is 5.32 Å². The number of aliphatic carboxylic acids is 1. The van der Waals surface area contributed by atoms with Gasteiger partial charge in [-0.05, 0) is 24.7 Å². The summed E-state index contributed by atoms with van der Waals surface area (Å²) >= 11 is 0. The Balaban J connectivity index is 2.49. The lowest BCUT2D eigenvalue weighted by molar-refractivity contribution is -0.142. The van der Waals surface area contributed by atoms with Crippen molar-refractivity contribution in [2.24, 2.45) is 10.8 Å². The van der Waals surface area contributed by atoms with Crippen LogP contribution in [0.2, 0.25) is 0 Å². The molecular formula is C13H23NO3. The first-order valence-electron chi connectivity index (χ1n) is 6.31. The highest BCUT2D eigenvalue weighted by Gasteiger charge is 2.40. The number of hydrogen-bond acceptors (Lipinski definition) is 2. The van der Waals surface area contributed by atoms with Gasteiger partial charge in [-0.25, -0.2) is 0 Å². The summed E-state index contributed by atoms with van der Waals surface area (Å²) in [6.07, 6.45) is 3.84. The second kappa shape index (κ2) is 5.07. The monoisotopic (exact) mass is 241 g/mol. The maximum Gasteiger partial charge on any atom is 0.303 e. The van der Waals surface area contributed by atoms with Gasteiger partial charge < -0.3 is 10.4 Å². The van der Waals surface area contributed by atoms with Gasteiger partial charge in [0.15, 0.2) is 0 Å². The molecule has 17 heavy (non-hydrogen) atoms. The van der Waals surface area contributed by atoms with Crippen LogP contribution in [0.15, 0.2) is 0 Å². The van der Waals surface area contributed by atoms with E-state index in [1.54, 1.807) is 0 Å². The number of rotatable bonds is 6. The Kier molecular flexibility index (Phi) is 4.17. The third kappa shape index (κ3) is 3.45. The third-order valence-electron chi connectivity index (χ3n) is 4.06. The number of hydrogen-bond donors (Lipinski definition) is 2. The number of amides is 1. The summed E-state index contributed by atoms with van der Waals surface area (Å²) in [5, 5.41) is 11.8. The molecule has 4 heteroatoms. The fourth-order valence-corrected chi connectivity index (χ4v) is 2.08. The predicted molar refractivity (Wildman–Crippen MR) is 65.6 cm³/mol. The van der Waals surface area contributed by atoms with Gasteiger partial charge in [-0.1, -0.05) is 27.2 Å². The maximum atomic E-state index is 11.9. The fourth-order valence-electron chi connectivity index (χ4n) is 2.08. The number of carbonyl (C=O) groups excluding carboxylic acids is 1. The molecule has 0 aromatic rings. The van der Waals surface area contributed by atoms with Gasteiger partial charge in [0.05, 0.1) is 6.42 Å². The van der Waals surface area contributed by atoms with Crippen molar-refractivity contribution in [2.45, 2.75) is 52.9 Å². The molecular weight excluding hydrogens is 218 g/mol. The molecule has 0 aliphatic heterocycles. The highest BCUT2D eigenvalue weighted by Crippen LogP contribution is 2.43. The number of carboxylic acid groups (broad SMARTS) is 1. The molecule has 1 saturated carbocycles. The van der Waals surface area contributed by atoms with E-state index < -0.39 is 5.97 Å². The summed E-state index contributed by atoms with van der Waals surface area (Å²) in [7, 11) is 0. The Hall–Kier alpha value is -1.06. The number of carbonyl (C=O) groups is 2. The minimum absolute atomic E-state index is 0.0247. The Morgan fingerprint density at radius 1 is 1.35 bits per heavy atom. The van der Waals surface area contributed by atoms with Crippen molar-refractivity contribution in [3.8, 4) is 0 Å². The van der Waals surface area contributed by atoms with Crippen LogP contribution in [0.3, 0.4) is 0 Å². The molecule has 0 aromatic heterocycles. The predicted octanol–water partition coefficient (Wildman–Crippen LogP) is 2.18. The summed E-state index contributed by atoms with van der Waals surface area (Å²) < 4.78 is 0. The van der Waals surface area contributed by atoms with E-state index >= 15 is 0 Å². The molecule has 1 aliphatic carbocycles. The molecule has 0 bridgehead atoms. The molecule has 1 fully saturated rings. The molecule has 1 amide bonds. The van der Waals surface area contributed by atoms with Gasteiger partial charge in [0.25, 0.3) is 0 Å². The standard InChI is InChI=1S/C13H23NO3/c1-4-12(2,3)11(17)14-9-13(6-5-7-13)8-10(15)16/h4-9H2,1-3H3,(H,14,17)(H,15,16). The normalized spacial score (nSPS) is 18.3. The first-order valence-corrected chi connectivity index (χ1v) is 6.31. The van der Waals surface area contributed by atoms with Crippen LogP contribution in [0.25, 0.3) is 0 Å². The van der Waals surface area contributed by atoms with E-state index in [4.69, 9.17) is 5.11 Å². The van der Waals surface area contributed by atoms with E-state index in [-0.39, 0.29) is 23.2 Å². The fraction of sp³-hybridized carbons (Fsp3) is 0.846. The molecule has 0 radical (unpaired) electrons. The van der Waals surface area contributed by atoms with Crippen LogP contribution < -0.4 is 5.32 Å². The van der Waals surface area contributed by atoms with E-state index in [0.717, 1.165) is 25.7 Å². The second-order valence-corrected chi connectivity index (χ2v) is 5.84. The van der Waals surface area contributed by atoms with Crippen molar-refractivity contribution >= 4 is 11.9 Å². The van der Waals surface area contributed by atoms with Crippen molar-refractivity contribution in [3.63, 3.8) is 0 Å². The molecule has 0 saturated heterocycles. The summed E-state index contributed by atoms with van der Waals surface area (Å²) in [5.41, 5.74) is -0.556. The van der Waals surface area contributed by atoms with E-state index in [9.17, 15) is 9.59 Å². The molecule has 0 unspecified atom stereocenters. The van der Waals surface area contributed by atoms with Crippen LogP contribution in [0.4, 0.5) is 0 Å². The van der Waals surface area contributed by atoms with Gasteiger partial charge in [-0.3, -0.25) is 9.59 Å². The zero-order chi connectivity index (χ0) is 13.1. The van der Waals surface area contributed by atoms with Crippen LogP contribution >= 0.6 is 0 Å². The van der Waals surface area contributed by atoms with Crippen molar-refractivity contribution in [1.29, 1.82) is 0 Å². The zero-order valence-corrected chi connectivity index (χ0v) is 11.0. The Labute approximate surface area is 103 Å². The molecule has 1 aliphatic rings. The topological polar surface area (TPSA) is 66.4 Å². The average molecular weight is 241 g/mol. The van der Waals surface area contributed by atoms with E-state index in [0.29, 0.717) is 6.54 Å². The zero-order valence-electron chi connectivity index (χ0n) is 11.0. The summed E-state index contributed by atoms with van der Waals surface area (Å²) in [4.78, 5) is 22.7. The maximum absolute atomic E-state index is 11.9. The van der Waals surface area contributed by atoms with Gasteiger partial charge in [0.2, 0.25) is 5.91 Å². The molecule has 0 atom stereocenters. The van der Waals surface area contributed by atoms with Gasteiger partial charge in [0, 0.05) is 12.0 Å². The van der Waals surface area contributed by atoms with Gasteiger partial charge in [0.1, 0.15) is 0 Å². The van der Waals surface area contributed by atoms with Crippen LogP contribution in [-0.2, 0) is 9.59 Å². The SMILES string of the molecule is CCC(C)(C)C(=O)NCC1(CC(=O)O)CCC1. The number of nitrogens with one attached hydrogen (secondary N) is 1. The highest BCUT2D eigenvalue weighted by molar-refractivity contribution is 5.81. The summed E-state index contributed by atoms with van der Waals surface area (Å²) in [5.74, 6) is -0.745. The highest BCUT2D eigenvalue weighted by atomic mass is 16.4. The molecule has 2 N–H and O–H groups in total. The molecule has 98 valence electrons. The Morgan fingerprint density at radius 2 is 1.94 bits per heavy atom. The third-order valence-corrected chi connectivity index (χ3v) is 4.06. The van der Waals surface area contributed by atoms with Crippen molar-refractivity contribution < 1.29 is 14.7 Å². The minimum Gasteiger partial charge on any atom is -0.481 e. The molecule has 1 rings (SSSR count). The van der Waals surface area contributed by atoms with Crippen molar-refractivity contribution in [3.05, 3.63) is 0 Å². The average Bonchev–Trinajstić information content (AvgIpc) is 2.20. The van der Waals surface area contributed by atoms with Crippen LogP contribution in [0.5, 0.6) is 0 Å². The van der Waals surface area contributed by atoms with Crippen molar-refractivity contribution in [2.75, 3.05) is 6.54 Å². The number of carboxylic acids is 1. The van der Waals surface area contributed by atoms with Gasteiger partial charge in [-0.2, -0.15) is 0 Å². The van der Waals surface area contributed by atoms with E-state index in [1.165, 1.54) is 0 Å². The summed E-state index contributed by atoms with van der Waals surface area (Å²) in [6, 6.07) is 0. The molecule has 0 heterocycles. The lowest BCUT2D eigenvalue weighted by Gasteiger charge is -2.41. The smallest absolute Gasteiger partial charge is 0.303 e. The lowest BCUT2D eigenvalue weighted by atomic mass is 9.66. The largest absolute Gasteiger partial charge is 0.481 e.